The van der Waals surface area contributed by atoms with E-state index in [4.69, 9.17) is 53.9 Å². The minimum Gasteiger partial charge on any atom is -0.444 e. The molecule has 0 unspecified atom stereocenters. The summed E-state index contributed by atoms with van der Waals surface area (Å²) >= 11 is 6.95. The van der Waals surface area contributed by atoms with E-state index in [1.54, 1.807) is 43.5 Å². The van der Waals surface area contributed by atoms with Crippen molar-refractivity contribution < 1.29 is 45.1 Å². The van der Waals surface area contributed by atoms with Gasteiger partial charge in [0.25, 0.3) is 0 Å². The molecule has 8 aromatic rings. The molecule has 26 nitrogen and oxygen atoms in total. The first-order valence-corrected chi connectivity index (χ1v) is 47.7. The van der Waals surface area contributed by atoms with Crippen LogP contribution < -0.4 is 10.8 Å². The maximum Gasteiger partial charge on any atom is 0.498 e. The average Bonchev–Trinajstić information content (AvgIpc) is 1.58. The number of nitrogens with zero attached hydrogens (tertiary/aromatic N) is 12. The fourth-order valence-corrected chi connectivity index (χ4v) is 15.2. The molecule has 0 atom stereocenters. The summed E-state index contributed by atoms with van der Waals surface area (Å²) in [5.74, 6) is 0. The zero-order valence-corrected chi connectivity index (χ0v) is 72.5. The smallest absolute Gasteiger partial charge is 0.444 e. The summed E-state index contributed by atoms with van der Waals surface area (Å²) in [6.07, 6.45) is 25.7. The molecule has 0 bridgehead atoms. The Morgan fingerprint density at radius 3 is 1.58 bits per heavy atom. The number of carbonyl (C=O) groups excluding carboxylic acids is 1. The molecule has 35 heteroatoms. The zero-order valence-electron chi connectivity index (χ0n) is 64.2. The average molecular weight is 1720 g/mol. The molecular formula is C73H101BBr2Cl2N16O10S2Si2. The molecule has 584 valence electrons. The van der Waals surface area contributed by atoms with Crippen molar-refractivity contribution in [2.45, 2.75) is 179 Å². The first kappa shape index (κ1) is 90.0. The number of aromatic amines is 3. The number of rotatable bonds is 15. The van der Waals surface area contributed by atoms with E-state index in [0.29, 0.717) is 39.6 Å². The summed E-state index contributed by atoms with van der Waals surface area (Å²) in [5.41, 5.74) is 8.08. The number of ether oxygens (including phenoxy) is 3. The first-order valence-electron chi connectivity index (χ1n) is 35.0. The second-order valence-electron chi connectivity index (χ2n) is 31.3. The van der Waals surface area contributed by atoms with Crippen molar-refractivity contribution in [3.05, 3.63) is 177 Å². The van der Waals surface area contributed by atoms with Gasteiger partial charge in [-0.3, -0.25) is 10.2 Å². The van der Waals surface area contributed by atoms with Gasteiger partial charge in [0, 0.05) is 171 Å². The molecule has 6 fully saturated rings. The van der Waals surface area contributed by atoms with E-state index < -0.39 is 50.3 Å². The molecule has 108 heavy (non-hydrogen) atoms. The number of amides is 1. The van der Waals surface area contributed by atoms with Gasteiger partial charge in [-0.1, -0.05) is 39.3 Å². The zero-order chi connectivity index (χ0) is 78.8. The maximum atomic E-state index is 11.9. The van der Waals surface area contributed by atoms with Crippen LogP contribution in [-0.2, 0) is 56.1 Å². The van der Waals surface area contributed by atoms with Gasteiger partial charge in [-0.15, -0.1) is 12.4 Å². The molecule has 2 aliphatic carbocycles. The largest absolute Gasteiger partial charge is 0.498 e. The van der Waals surface area contributed by atoms with Crippen LogP contribution in [0, 0.1) is 19.7 Å². The van der Waals surface area contributed by atoms with Crippen LogP contribution in [0.4, 0.5) is 4.79 Å². The van der Waals surface area contributed by atoms with Crippen molar-refractivity contribution in [1.82, 2.24) is 64.0 Å². The van der Waals surface area contributed by atoms with E-state index >= 15 is 0 Å². The van der Waals surface area contributed by atoms with Crippen molar-refractivity contribution in [2.75, 3.05) is 52.5 Å². The van der Waals surface area contributed by atoms with Crippen LogP contribution in [0.5, 0.6) is 0 Å². The van der Waals surface area contributed by atoms with Crippen molar-refractivity contribution in [2.24, 2.45) is 0 Å². The SMILES string of the molecule is Brc1ccnc2[nH]ccc12.CC1(C)OB(c2cn[nH]c2)OC1(C)C.CC1(S(=O)(=O)Cl)CC1.C[Si](C)(C)CCOCn1ccc2c(-c3cn[nH]c3)ccnc21.C[Si](C)(C)CCOCn1ccc2c(Br)ccnc21.Cl.[C-]#[N+]C=C1CN(C(=O)OC(C)(C)C)C1.[C-]#[N+]C=C1CN(S(=O)(=O)C2(C)CC2)C1.[C-]#[N+]C=C1CNC1. The lowest BCUT2D eigenvalue weighted by atomic mass is 9.82. The summed E-state index contributed by atoms with van der Waals surface area (Å²) in [4.78, 5) is 38.3. The Morgan fingerprint density at radius 2 is 1.15 bits per heavy atom. The third kappa shape index (κ3) is 26.4. The summed E-state index contributed by atoms with van der Waals surface area (Å²) in [7, 11) is -3.65. The van der Waals surface area contributed by atoms with Gasteiger partial charge in [0.1, 0.15) is 36.0 Å². The monoisotopic (exact) mass is 1720 g/mol. The van der Waals surface area contributed by atoms with Crippen LogP contribution in [-0.4, -0.2) is 184 Å². The Kier molecular flexibility index (Phi) is 32.4. The molecule has 1 amide bonds. The van der Waals surface area contributed by atoms with Crippen molar-refractivity contribution in [1.29, 1.82) is 0 Å². The standard InChI is InChI=1S/C16H22N4OSi.C13H19BrN2OSi.C10H14N2O2.C9H15BN2O2.C9H12N2O2S.C7H5BrN2.C5H6N2.C4H7ClO2S.ClH/c1-22(2,3)9-8-21-12-20-7-5-15-14(4-6-17-16(15)20)13-10-18-19-11-13;1-18(2,3)9-8-17-10-16-7-5-11-12(14)4-6-15-13(11)16;1-10(2,3)14-9(13)12-6-8(7-12)5-11-4;1-8(2)9(3,4)14-10(13-8)7-5-11-12-6-7;1-9(3-4-9)14(12,13)11-6-8(7-11)5-10-2;8-6-2-4-10-7-5(6)1-3-9-7;1-6-2-5-3-7-4-5;1-4(2-3-4)8(5,6)7;/h4-7,10-11H,8-9,12H2,1-3H3,(H,18,19);4-7H,8-10H2,1-3H3;5H,6-7H2,1-3H3;5-6H,1-4H3,(H,11,12);5H,3-4,6-7H2,1H3;1-4H,(H,9,10);2,7H,3-4H2;2-3H2,1H3;1H. The normalized spacial score (nSPS) is 16.9. The molecule has 8 aromatic heterocycles. The van der Waals surface area contributed by atoms with Gasteiger partial charge in [0.05, 0.1) is 46.6 Å². The summed E-state index contributed by atoms with van der Waals surface area (Å²) in [5, 5.41) is 19.9. The molecule has 0 radical (unpaired) electrons. The number of H-pyrrole nitrogens is 3. The minimum atomic E-state index is -3.26. The summed E-state index contributed by atoms with van der Waals surface area (Å²) in [6, 6.07) is 14.4. The van der Waals surface area contributed by atoms with E-state index in [1.165, 1.54) is 34.4 Å². The quantitative estimate of drug-likeness (QED) is 0.0321. The second-order valence-corrected chi connectivity index (χ2v) is 49.8. The highest BCUT2D eigenvalue weighted by Gasteiger charge is 2.55. The maximum absolute atomic E-state index is 11.9. The van der Waals surface area contributed by atoms with Gasteiger partial charge in [-0.05, 0) is 191 Å². The number of likely N-dealkylation sites (tertiary alicyclic amines) is 1. The summed E-state index contributed by atoms with van der Waals surface area (Å²) in [6.45, 7) is 57.4. The number of carbonyl (C=O) groups is 1. The molecule has 4 aliphatic heterocycles. The number of halogens is 4. The van der Waals surface area contributed by atoms with E-state index in [-0.39, 0.29) is 36.8 Å². The highest BCUT2D eigenvalue weighted by Crippen LogP contribution is 2.46. The van der Waals surface area contributed by atoms with E-state index in [0.717, 1.165) is 122 Å². The molecule has 0 aromatic carbocycles. The lowest BCUT2D eigenvalue weighted by Gasteiger charge is -2.35. The van der Waals surface area contributed by atoms with Crippen molar-refractivity contribution in [3.8, 4) is 11.1 Å². The van der Waals surface area contributed by atoms with Gasteiger partial charge >= 0.3 is 13.2 Å². The molecule has 6 aliphatic rings. The fourth-order valence-electron chi connectivity index (χ4n) is 9.82. The van der Waals surface area contributed by atoms with Gasteiger partial charge in [-0.25, -0.2) is 51.1 Å². The third-order valence-electron chi connectivity index (χ3n) is 18.1. The predicted molar refractivity (Wildman–Crippen MR) is 444 cm³/mol. The Hall–Kier alpha value is -6.85. The van der Waals surface area contributed by atoms with Crippen LogP contribution >= 0.6 is 54.9 Å². The molecule has 12 heterocycles. The van der Waals surface area contributed by atoms with Crippen LogP contribution in [0.1, 0.15) is 88.0 Å². The number of hydrogen-bond donors (Lipinski definition) is 4. The number of sulfonamides is 1. The van der Waals surface area contributed by atoms with Crippen LogP contribution in [0.15, 0.2) is 143 Å². The van der Waals surface area contributed by atoms with Gasteiger partial charge in [0.15, 0.2) is 18.6 Å². The Bertz CT molecular complexity index is 4720. The van der Waals surface area contributed by atoms with Crippen LogP contribution in [0.25, 0.3) is 58.8 Å². The second kappa shape index (κ2) is 38.9. The van der Waals surface area contributed by atoms with Crippen molar-refractivity contribution in [3.63, 3.8) is 0 Å². The van der Waals surface area contributed by atoms with E-state index in [9.17, 15) is 21.6 Å². The lowest BCUT2D eigenvalue weighted by molar-refractivity contribution is 0.00578. The highest BCUT2D eigenvalue weighted by molar-refractivity contribution is 9.11. The lowest BCUT2D eigenvalue weighted by Crippen LogP contribution is -2.48. The predicted octanol–water partition coefficient (Wildman–Crippen LogP) is 15.8. The van der Waals surface area contributed by atoms with Gasteiger partial charge in [0.2, 0.25) is 19.1 Å². The molecule has 4 N–H and O–H groups in total. The minimum absolute atomic E-state index is 0. The van der Waals surface area contributed by atoms with E-state index in [2.05, 4.69) is 148 Å². The molecule has 4 saturated heterocycles. The Morgan fingerprint density at radius 1 is 0.667 bits per heavy atom. The fraction of sp³-hybridized carbons (Fsp3) is 0.493. The Balaban J connectivity index is 0.000000197. The van der Waals surface area contributed by atoms with E-state index in [1.807, 2.05) is 121 Å². The molecule has 0 spiro atoms. The first-order chi connectivity index (χ1) is 50.1. The number of pyridine rings is 3. The van der Waals surface area contributed by atoms with Gasteiger partial charge in [-0.2, -0.15) is 14.5 Å². The topological polar surface area (TPSA) is 285 Å². The van der Waals surface area contributed by atoms with Crippen LogP contribution in [0.2, 0.25) is 51.4 Å². The Labute approximate surface area is 665 Å². The van der Waals surface area contributed by atoms with Crippen LogP contribution in [0.3, 0.4) is 0 Å². The molecule has 14 rings (SSSR count). The number of aromatic nitrogens is 10. The molecular weight excluding hydrogens is 1620 g/mol. The number of fused-ring (bicyclic) bond motifs is 3. The molecule has 2 saturated carbocycles. The number of hydrogen-bond acceptors (Lipinski definition) is 16. The van der Waals surface area contributed by atoms with Gasteiger partial charge < -0.3 is 47.9 Å². The third-order valence-corrected chi connectivity index (χ3v) is 28.2. The van der Waals surface area contributed by atoms with Crippen molar-refractivity contribution >= 4 is 142 Å². The highest BCUT2D eigenvalue weighted by atomic mass is 79.9. The summed E-state index contributed by atoms with van der Waals surface area (Å²) < 4.78 is 79.7. The number of nitrogens with one attached hydrogen (secondary N) is 4.